The standard InChI is InChI=1S/C21H28F3N5O2/c1-25-20(26-8-9-29-18(30)6-3-7-19(29)31)28-12-10-27(11-13-28)15-16-4-2-5-17(14-16)21(22,23)24/h2,4-5,14H,3,6-13,15H2,1H3,(H,25,26). The molecule has 0 radical (unpaired) electrons. The Morgan fingerprint density at radius 1 is 1.10 bits per heavy atom. The summed E-state index contributed by atoms with van der Waals surface area (Å²) in [4.78, 5) is 33.5. The van der Waals surface area contributed by atoms with E-state index in [4.69, 9.17) is 0 Å². The highest BCUT2D eigenvalue weighted by molar-refractivity contribution is 5.97. The second kappa shape index (κ2) is 10.1. The predicted octanol–water partition coefficient (Wildman–Crippen LogP) is 1.94. The maximum absolute atomic E-state index is 12.9. The van der Waals surface area contributed by atoms with Gasteiger partial charge in [-0.1, -0.05) is 18.2 Å². The van der Waals surface area contributed by atoms with Gasteiger partial charge >= 0.3 is 6.18 Å². The van der Waals surface area contributed by atoms with Crippen LogP contribution in [-0.2, 0) is 22.3 Å². The molecular formula is C21H28F3N5O2. The third kappa shape index (κ3) is 6.19. The Kier molecular flexibility index (Phi) is 7.53. The normalized spacial score (nSPS) is 19.2. The van der Waals surface area contributed by atoms with Crippen molar-refractivity contribution in [2.24, 2.45) is 4.99 Å². The summed E-state index contributed by atoms with van der Waals surface area (Å²) < 4.78 is 38.7. The zero-order valence-electron chi connectivity index (χ0n) is 17.6. The van der Waals surface area contributed by atoms with Crippen molar-refractivity contribution in [3.8, 4) is 0 Å². The summed E-state index contributed by atoms with van der Waals surface area (Å²) in [7, 11) is 1.68. The molecule has 0 aromatic heterocycles. The van der Waals surface area contributed by atoms with Crippen molar-refractivity contribution in [3.05, 3.63) is 35.4 Å². The van der Waals surface area contributed by atoms with Gasteiger partial charge in [0.05, 0.1) is 5.56 Å². The predicted molar refractivity (Wildman–Crippen MR) is 110 cm³/mol. The minimum Gasteiger partial charge on any atom is -0.354 e. The number of rotatable bonds is 5. The molecule has 0 atom stereocenters. The van der Waals surface area contributed by atoms with Gasteiger partial charge in [-0.25, -0.2) is 0 Å². The number of alkyl halides is 3. The van der Waals surface area contributed by atoms with Crippen LogP contribution in [0, 0.1) is 0 Å². The molecule has 1 aromatic carbocycles. The molecular weight excluding hydrogens is 411 g/mol. The number of carbonyl (C=O) groups excluding carboxylic acids is 2. The van der Waals surface area contributed by atoms with Crippen molar-refractivity contribution in [3.63, 3.8) is 0 Å². The number of piperazine rings is 1. The average Bonchev–Trinajstić information content (AvgIpc) is 2.73. The van der Waals surface area contributed by atoms with Crippen molar-refractivity contribution >= 4 is 17.8 Å². The molecule has 2 heterocycles. The summed E-state index contributed by atoms with van der Waals surface area (Å²) in [5.74, 6) is 0.433. The van der Waals surface area contributed by atoms with E-state index < -0.39 is 11.7 Å². The Balaban J connectivity index is 1.46. The van der Waals surface area contributed by atoms with Crippen LogP contribution in [0.1, 0.15) is 30.4 Å². The maximum atomic E-state index is 12.9. The van der Waals surface area contributed by atoms with E-state index in [1.807, 2.05) is 0 Å². The van der Waals surface area contributed by atoms with Gasteiger partial charge in [0, 0.05) is 65.7 Å². The van der Waals surface area contributed by atoms with Crippen molar-refractivity contribution in [1.82, 2.24) is 20.0 Å². The van der Waals surface area contributed by atoms with Crippen LogP contribution in [0.2, 0.25) is 0 Å². The number of nitrogens with zero attached hydrogens (tertiary/aromatic N) is 4. The minimum absolute atomic E-state index is 0.128. The third-order valence-electron chi connectivity index (χ3n) is 5.55. The van der Waals surface area contributed by atoms with Gasteiger partial charge in [0.1, 0.15) is 0 Å². The van der Waals surface area contributed by atoms with Gasteiger partial charge in [0.2, 0.25) is 11.8 Å². The van der Waals surface area contributed by atoms with Crippen molar-refractivity contribution in [1.29, 1.82) is 0 Å². The van der Waals surface area contributed by atoms with Crippen LogP contribution in [0.5, 0.6) is 0 Å². The summed E-state index contributed by atoms with van der Waals surface area (Å²) in [6.45, 7) is 3.95. The van der Waals surface area contributed by atoms with Gasteiger partial charge in [-0.2, -0.15) is 13.2 Å². The summed E-state index contributed by atoms with van der Waals surface area (Å²) in [6, 6.07) is 5.45. The molecule has 1 aromatic rings. The van der Waals surface area contributed by atoms with Gasteiger partial charge in [0.25, 0.3) is 0 Å². The van der Waals surface area contributed by atoms with Gasteiger partial charge in [-0.3, -0.25) is 24.4 Å². The number of nitrogens with one attached hydrogen (secondary N) is 1. The highest BCUT2D eigenvalue weighted by Gasteiger charge is 2.30. The topological polar surface area (TPSA) is 68.2 Å². The molecule has 31 heavy (non-hydrogen) atoms. The summed E-state index contributed by atoms with van der Waals surface area (Å²) in [5.41, 5.74) is 0.0144. The number of aliphatic imine (C=N–C) groups is 1. The molecule has 170 valence electrons. The zero-order chi connectivity index (χ0) is 22.4. The number of imide groups is 1. The van der Waals surface area contributed by atoms with E-state index >= 15 is 0 Å². The molecule has 0 saturated carbocycles. The lowest BCUT2D eigenvalue weighted by Crippen LogP contribution is -2.53. The van der Waals surface area contributed by atoms with Crippen LogP contribution >= 0.6 is 0 Å². The fourth-order valence-electron chi connectivity index (χ4n) is 3.88. The highest BCUT2D eigenvalue weighted by Crippen LogP contribution is 2.29. The van der Waals surface area contributed by atoms with Gasteiger partial charge in [-0.05, 0) is 18.1 Å². The molecule has 2 saturated heterocycles. The third-order valence-corrected chi connectivity index (χ3v) is 5.55. The molecule has 1 N–H and O–H groups in total. The van der Waals surface area contributed by atoms with Gasteiger partial charge in [-0.15, -0.1) is 0 Å². The maximum Gasteiger partial charge on any atom is 0.416 e. The summed E-state index contributed by atoms with van der Waals surface area (Å²) >= 11 is 0. The molecule has 2 aliphatic heterocycles. The molecule has 0 spiro atoms. The Morgan fingerprint density at radius 2 is 1.77 bits per heavy atom. The zero-order valence-corrected chi connectivity index (χ0v) is 17.6. The van der Waals surface area contributed by atoms with Crippen LogP contribution in [-0.4, -0.2) is 78.8 Å². The monoisotopic (exact) mass is 439 g/mol. The first-order chi connectivity index (χ1) is 14.8. The van der Waals surface area contributed by atoms with E-state index in [1.54, 1.807) is 13.1 Å². The number of piperidine rings is 1. The van der Waals surface area contributed by atoms with Crippen LogP contribution in [0.3, 0.4) is 0 Å². The molecule has 0 unspecified atom stereocenters. The fraction of sp³-hybridized carbons (Fsp3) is 0.571. The Labute approximate surface area is 179 Å². The Morgan fingerprint density at radius 3 is 2.39 bits per heavy atom. The number of hydrogen-bond acceptors (Lipinski definition) is 4. The Bertz CT molecular complexity index is 803. The van der Waals surface area contributed by atoms with Crippen molar-refractivity contribution < 1.29 is 22.8 Å². The van der Waals surface area contributed by atoms with Gasteiger partial charge < -0.3 is 10.2 Å². The van der Waals surface area contributed by atoms with Crippen LogP contribution < -0.4 is 5.32 Å². The van der Waals surface area contributed by atoms with Crippen LogP contribution in [0.15, 0.2) is 29.3 Å². The first-order valence-corrected chi connectivity index (χ1v) is 10.4. The SMILES string of the molecule is CN=C(NCCN1C(=O)CCCC1=O)N1CCN(Cc2cccc(C(F)(F)F)c2)CC1. The number of halogens is 3. The number of carbonyl (C=O) groups is 2. The van der Waals surface area contributed by atoms with E-state index in [0.717, 1.165) is 6.07 Å². The first-order valence-electron chi connectivity index (χ1n) is 10.4. The van der Waals surface area contributed by atoms with E-state index in [1.165, 1.54) is 17.0 Å². The number of amides is 2. The van der Waals surface area contributed by atoms with Crippen LogP contribution in [0.25, 0.3) is 0 Å². The second-order valence-electron chi connectivity index (χ2n) is 7.73. The molecule has 0 bridgehead atoms. The number of guanidine groups is 1. The quantitative estimate of drug-likeness (QED) is 0.432. The molecule has 2 aliphatic rings. The fourth-order valence-corrected chi connectivity index (χ4v) is 3.88. The lowest BCUT2D eigenvalue weighted by atomic mass is 10.1. The van der Waals surface area contributed by atoms with E-state index in [-0.39, 0.29) is 11.8 Å². The first kappa shape index (κ1) is 23.1. The number of likely N-dealkylation sites (tertiary alicyclic amines) is 1. The largest absolute Gasteiger partial charge is 0.416 e. The Hall–Kier alpha value is -2.62. The molecule has 10 heteroatoms. The van der Waals surface area contributed by atoms with Crippen LogP contribution in [0.4, 0.5) is 13.2 Å². The second-order valence-corrected chi connectivity index (χ2v) is 7.73. The molecule has 3 rings (SSSR count). The minimum atomic E-state index is -4.34. The molecule has 7 nitrogen and oxygen atoms in total. The lowest BCUT2D eigenvalue weighted by molar-refractivity contribution is -0.147. The van der Waals surface area contributed by atoms with E-state index in [0.29, 0.717) is 76.6 Å². The molecule has 0 aliphatic carbocycles. The lowest BCUT2D eigenvalue weighted by Gasteiger charge is -2.36. The number of benzene rings is 1. The highest BCUT2D eigenvalue weighted by atomic mass is 19.4. The summed E-state index contributed by atoms with van der Waals surface area (Å²) in [6.07, 6.45) is -2.90. The molecule has 2 amide bonds. The average molecular weight is 439 g/mol. The van der Waals surface area contributed by atoms with Crippen molar-refractivity contribution in [2.75, 3.05) is 46.3 Å². The summed E-state index contributed by atoms with van der Waals surface area (Å²) in [5, 5.41) is 3.20. The van der Waals surface area contributed by atoms with Crippen molar-refractivity contribution in [2.45, 2.75) is 32.0 Å². The van der Waals surface area contributed by atoms with E-state index in [9.17, 15) is 22.8 Å². The van der Waals surface area contributed by atoms with Gasteiger partial charge in [0.15, 0.2) is 5.96 Å². The molecule has 2 fully saturated rings. The number of hydrogen-bond donors (Lipinski definition) is 1. The smallest absolute Gasteiger partial charge is 0.354 e. The van der Waals surface area contributed by atoms with E-state index in [2.05, 4.69) is 20.1 Å².